The van der Waals surface area contributed by atoms with Crippen LogP contribution in [-0.4, -0.2) is 19.0 Å². The Balaban J connectivity index is 2.26. The molecular weight excluding hydrogens is 255 g/mol. The van der Waals surface area contributed by atoms with Crippen molar-refractivity contribution in [3.05, 3.63) is 66.0 Å². The number of nitrogens with two attached hydrogens (primary N) is 1. The molecule has 2 rings (SSSR count). The quantitative estimate of drug-likeness (QED) is 0.909. The van der Waals surface area contributed by atoms with Crippen molar-refractivity contribution in [3.8, 4) is 0 Å². The third-order valence-electron chi connectivity index (χ3n) is 2.99. The zero-order valence-electron chi connectivity index (χ0n) is 11.1. The Morgan fingerprint density at radius 2 is 1.70 bits per heavy atom. The standard InChI is InChI=1S/C16H17FN2O/c17-14-9-7-13(8-10-14)16(20)19(12-4-11-18)15-5-2-1-3-6-15/h1-3,5-10H,4,11-12,18H2. The number of para-hydroxylation sites is 1. The molecule has 20 heavy (non-hydrogen) atoms. The van der Waals surface area contributed by atoms with Crippen LogP contribution in [0.3, 0.4) is 0 Å². The van der Waals surface area contributed by atoms with E-state index in [0.717, 1.165) is 5.69 Å². The Labute approximate surface area is 117 Å². The summed E-state index contributed by atoms with van der Waals surface area (Å²) in [6.45, 7) is 1.05. The van der Waals surface area contributed by atoms with Gasteiger partial charge in [0.2, 0.25) is 0 Å². The van der Waals surface area contributed by atoms with Gasteiger partial charge >= 0.3 is 0 Å². The summed E-state index contributed by atoms with van der Waals surface area (Å²) in [5.74, 6) is -0.501. The van der Waals surface area contributed by atoms with Crippen LogP contribution in [-0.2, 0) is 0 Å². The molecule has 0 unspecified atom stereocenters. The van der Waals surface area contributed by atoms with E-state index in [2.05, 4.69) is 0 Å². The average Bonchev–Trinajstić information content (AvgIpc) is 2.49. The molecule has 2 aromatic carbocycles. The first kappa shape index (κ1) is 14.2. The molecule has 0 aliphatic rings. The van der Waals surface area contributed by atoms with Gasteiger partial charge in [0.15, 0.2) is 0 Å². The second kappa shape index (κ2) is 6.82. The first-order chi connectivity index (χ1) is 9.72. The lowest BCUT2D eigenvalue weighted by Crippen LogP contribution is -2.32. The van der Waals surface area contributed by atoms with E-state index in [-0.39, 0.29) is 11.7 Å². The van der Waals surface area contributed by atoms with Gasteiger partial charge in [0.25, 0.3) is 5.91 Å². The van der Waals surface area contributed by atoms with Gasteiger partial charge < -0.3 is 10.6 Å². The number of nitrogens with zero attached hydrogens (tertiary/aromatic N) is 1. The Morgan fingerprint density at radius 3 is 2.30 bits per heavy atom. The van der Waals surface area contributed by atoms with E-state index in [9.17, 15) is 9.18 Å². The molecular formula is C16H17FN2O. The SMILES string of the molecule is NCCCN(C(=O)c1ccc(F)cc1)c1ccccc1. The Bertz CT molecular complexity index is 554. The topological polar surface area (TPSA) is 46.3 Å². The summed E-state index contributed by atoms with van der Waals surface area (Å²) in [5, 5.41) is 0. The van der Waals surface area contributed by atoms with Gasteiger partial charge in [-0.2, -0.15) is 0 Å². The van der Waals surface area contributed by atoms with Crippen LogP contribution in [0.4, 0.5) is 10.1 Å². The van der Waals surface area contributed by atoms with Crippen molar-refractivity contribution in [1.29, 1.82) is 0 Å². The number of hydrogen-bond acceptors (Lipinski definition) is 2. The highest BCUT2D eigenvalue weighted by atomic mass is 19.1. The zero-order valence-corrected chi connectivity index (χ0v) is 11.1. The number of rotatable bonds is 5. The smallest absolute Gasteiger partial charge is 0.258 e. The van der Waals surface area contributed by atoms with E-state index in [0.29, 0.717) is 25.1 Å². The van der Waals surface area contributed by atoms with Gasteiger partial charge in [0.05, 0.1) is 0 Å². The van der Waals surface area contributed by atoms with Gasteiger partial charge in [-0.15, -0.1) is 0 Å². The summed E-state index contributed by atoms with van der Waals surface area (Å²) >= 11 is 0. The van der Waals surface area contributed by atoms with Crippen LogP contribution in [0.1, 0.15) is 16.8 Å². The zero-order chi connectivity index (χ0) is 14.4. The molecule has 0 aliphatic heterocycles. The molecule has 2 N–H and O–H groups in total. The van der Waals surface area contributed by atoms with Crippen LogP contribution < -0.4 is 10.6 Å². The maximum Gasteiger partial charge on any atom is 0.258 e. The van der Waals surface area contributed by atoms with Crippen LogP contribution in [0.5, 0.6) is 0 Å². The molecule has 0 atom stereocenters. The van der Waals surface area contributed by atoms with E-state index in [1.54, 1.807) is 4.90 Å². The molecule has 3 nitrogen and oxygen atoms in total. The van der Waals surface area contributed by atoms with Gasteiger partial charge in [0, 0.05) is 17.8 Å². The molecule has 0 bridgehead atoms. The third kappa shape index (κ3) is 3.42. The number of benzene rings is 2. The average molecular weight is 272 g/mol. The molecule has 2 aromatic rings. The number of carbonyl (C=O) groups is 1. The van der Waals surface area contributed by atoms with Gasteiger partial charge in [-0.25, -0.2) is 4.39 Å². The second-order valence-corrected chi connectivity index (χ2v) is 4.44. The van der Waals surface area contributed by atoms with Crippen LogP contribution in [0, 0.1) is 5.82 Å². The van der Waals surface area contributed by atoms with E-state index in [1.807, 2.05) is 30.3 Å². The molecule has 0 fully saturated rings. The monoisotopic (exact) mass is 272 g/mol. The molecule has 1 amide bonds. The van der Waals surface area contributed by atoms with Crippen molar-refractivity contribution in [1.82, 2.24) is 0 Å². The third-order valence-corrected chi connectivity index (χ3v) is 2.99. The summed E-state index contributed by atoms with van der Waals surface area (Å²) in [6.07, 6.45) is 0.710. The highest BCUT2D eigenvalue weighted by molar-refractivity contribution is 6.06. The van der Waals surface area contributed by atoms with E-state index >= 15 is 0 Å². The van der Waals surface area contributed by atoms with Crippen LogP contribution in [0.15, 0.2) is 54.6 Å². The molecule has 4 heteroatoms. The maximum atomic E-state index is 12.9. The number of carbonyl (C=O) groups excluding carboxylic acids is 1. The predicted octanol–water partition coefficient (Wildman–Crippen LogP) is 2.82. The lowest BCUT2D eigenvalue weighted by molar-refractivity contribution is 0.0987. The fourth-order valence-electron chi connectivity index (χ4n) is 1.95. The number of hydrogen-bond donors (Lipinski definition) is 1. The van der Waals surface area contributed by atoms with E-state index < -0.39 is 0 Å². The first-order valence-electron chi connectivity index (χ1n) is 6.55. The number of anilines is 1. The Hall–Kier alpha value is -2.20. The first-order valence-corrected chi connectivity index (χ1v) is 6.55. The minimum absolute atomic E-state index is 0.148. The highest BCUT2D eigenvalue weighted by Gasteiger charge is 2.16. The molecule has 0 heterocycles. The van der Waals surface area contributed by atoms with Gasteiger partial charge in [0.1, 0.15) is 5.82 Å². The van der Waals surface area contributed by atoms with Gasteiger partial charge in [-0.1, -0.05) is 18.2 Å². The van der Waals surface area contributed by atoms with Gasteiger partial charge in [-0.05, 0) is 49.4 Å². The van der Waals surface area contributed by atoms with Crippen molar-refractivity contribution in [3.63, 3.8) is 0 Å². The molecule has 104 valence electrons. The van der Waals surface area contributed by atoms with Crippen molar-refractivity contribution < 1.29 is 9.18 Å². The van der Waals surface area contributed by atoms with Crippen molar-refractivity contribution in [2.24, 2.45) is 5.73 Å². The molecule has 0 radical (unpaired) electrons. The Morgan fingerprint density at radius 1 is 1.05 bits per heavy atom. The second-order valence-electron chi connectivity index (χ2n) is 4.44. The fraction of sp³-hybridized carbons (Fsp3) is 0.188. The summed E-state index contributed by atoms with van der Waals surface area (Å²) in [6, 6.07) is 15.0. The molecule has 0 spiro atoms. The van der Waals surface area contributed by atoms with E-state index in [4.69, 9.17) is 5.73 Å². The van der Waals surface area contributed by atoms with Crippen LogP contribution in [0.2, 0.25) is 0 Å². The maximum absolute atomic E-state index is 12.9. The van der Waals surface area contributed by atoms with Crippen molar-refractivity contribution in [2.75, 3.05) is 18.0 Å². The number of amides is 1. The lowest BCUT2D eigenvalue weighted by Gasteiger charge is -2.22. The molecule has 0 aliphatic carbocycles. The summed E-state index contributed by atoms with van der Waals surface area (Å²) in [7, 11) is 0. The predicted molar refractivity (Wildman–Crippen MR) is 78.2 cm³/mol. The van der Waals surface area contributed by atoms with Crippen LogP contribution in [0.25, 0.3) is 0 Å². The highest BCUT2D eigenvalue weighted by Crippen LogP contribution is 2.17. The largest absolute Gasteiger partial charge is 0.330 e. The van der Waals surface area contributed by atoms with Crippen molar-refractivity contribution in [2.45, 2.75) is 6.42 Å². The lowest BCUT2D eigenvalue weighted by atomic mass is 10.1. The molecule has 0 saturated heterocycles. The normalized spacial score (nSPS) is 10.3. The van der Waals surface area contributed by atoms with Crippen molar-refractivity contribution >= 4 is 11.6 Å². The minimum Gasteiger partial charge on any atom is -0.330 e. The summed E-state index contributed by atoms with van der Waals surface area (Å²) in [4.78, 5) is 14.2. The van der Waals surface area contributed by atoms with Crippen LogP contribution >= 0.6 is 0 Å². The Kier molecular flexibility index (Phi) is 4.85. The van der Waals surface area contributed by atoms with Gasteiger partial charge in [-0.3, -0.25) is 4.79 Å². The summed E-state index contributed by atoms with van der Waals surface area (Å²) in [5.41, 5.74) is 6.81. The summed E-state index contributed by atoms with van der Waals surface area (Å²) < 4.78 is 12.9. The number of halogens is 1. The molecule has 0 aromatic heterocycles. The van der Waals surface area contributed by atoms with E-state index in [1.165, 1.54) is 24.3 Å². The fourth-order valence-corrected chi connectivity index (χ4v) is 1.95. The minimum atomic E-state index is -0.352. The molecule has 0 saturated carbocycles.